The zero-order valence-electron chi connectivity index (χ0n) is 10.3. The second-order valence-electron chi connectivity index (χ2n) is 4.35. The van der Waals surface area contributed by atoms with Gasteiger partial charge in [0.1, 0.15) is 0 Å². The van der Waals surface area contributed by atoms with E-state index in [2.05, 4.69) is 21.2 Å². The summed E-state index contributed by atoms with van der Waals surface area (Å²) >= 11 is 6.01. The average molecular weight is 253 g/mol. The molecule has 2 rings (SSSR count). The highest BCUT2D eigenvalue weighted by molar-refractivity contribution is 6.30. The number of nitrogens with zero attached hydrogens (tertiary/aromatic N) is 3. The number of rotatable bonds is 4. The molecule has 1 saturated heterocycles. The van der Waals surface area contributed by atoms with Crippen molar-refractivity contribution in [2.24, 2.45) is 0 Å². The quantitative estimate of drug-likeness (QED) is 0.821. The SMILES string of the molecule is C[N-]CCN1CCN(c2cccc(Cl)c2)CC1. The van der Waals surface area contributed by atoms with Crippen molar-refractivity contribution in [3.63, 3.8) is 0 Å². The first-order valence-corrected chi connectivity index (χ1v) is 6.46. The third kappa shape index (κ3) is 3.60. The van der Waals surface area contributed by atoms with Gasteiger partial charge < -0.3 is 15.1 Å². The van der Waals surface area contributed by atoms with E-state index in [9.17, 15) is 0 Å². The summed E-state index contributed by atoms with van der Waals surface area (Å²) in [6, 6.07) is 8.10. The van der Waals surface area contributed by atoms with Gasteiger partial charge in [0.05, 0.1) is 0 Å². The fourth-order valence-electron chi connectivity index (χ4n) is 2.14. The zero-order chi connectivity index (χ0) is 12.1. The number of likely N-dealkylation sites (N-methyl/N-ethyl adjacent to an activating group) is 1. The summed E-state index contributed by atoms with van der Waals surface area (Å²) in [4.78, 5) is 4.86. The van der Waals surface area contributed by atoms with E-state index in [1.807, 2.05) is 25.2 Å². The lowest BCUT2D eigenvalue weighted by atomic mass is 10.2. The van der Waals surface area contributed by atoms with Crippen LogP contribution in [0.5, 0.6) is 0 Å². The Balaban J connectivity index is 1.86. The third-order valence-electron chi connectivity index (χ3n) is 3.19. The average Bonchev–Trinajstić information content (AvgIpc) is 2.37. The normalized spacial score (nSPS) is 17.4. The smallest absolute Gasteiger partial charge is 0.0426 e. The molecular weight excluding hydrogens is 234 g/mol. The molecule has 1 fully saturated rings. The Hall–Kier alpha value is -0.770. The molecule has 17 heavy (non-hydrogen) atoms. The van der Waals surface area contributed by atoms with Crippen molar-refractivity contribution in [3.05, 3.63) is 34.6 Å². The third-order valence-corrected chi connectivity index (χ3v) is 3.42. The molecule has 0 N–H and O–H groups in total. The second-order valence-corrected chi connectivity index (χ2v) is 4.78. The van der Waals surface area contributed by atoms with Gasteiger partial charge in [0.25, 0.3) is 0 Å². The number of hydrogen-bond donors (Lipinski definition) is 0. The maximum Gasteiger partial charge on any atom is 0.0426 e. The standard InChI is InChI=1S/C13H19ClN3/c1-15-5-6-16-7-9-17(10-8-16)13-4-2-3-12(14)11-13/h2-4,11H,5-10H2,1H3/q-1. The van der Waals surface area contributed by atoms with E-state index >= 15 is 0 Å². The Kier molecular flexibility index (Phi) is 4.66. The molecule has 0 radical (unpaired) electrons. The summed E-state index contributed by atoms with van der Waals surface area (Å²) in [6.07, 6.45) is 0. The van der Waals surface area contributed by atoms with Gasteiger partial charge in [-0.15, -0.1) is 6.54 Å². The topological polar surface area (TPSA) is 20.6 Å². The van der Waals surface area contributed by atoms with Crippen LogP contribution in [0.2, 0.25) is 5.02 Å². The minimum Gasteiger partial charge on any atom is -0.664 e. The molecule has 3 nitrogen and oxygen atoms in total. The fourth-order valence-corrected chi connectivity index (χ4v) is 2.33. The highest BCUT2D eigenvalue weighted by Gasteiger charge is 2.15. The highest BCUT2D eigenvalue weighted by Crippen LogP contribution is 2.20. The Morgan fingerprint density at radius 3 is 2.65 bits per heavy atom. The minimum absolute atomic E-state index is 0.815. The lowest BCUT2D eigenvalue weighted by Crippen LogP contribution is -2.47. The summed E-state index contributed by atoms with van der Waals surface area (Å²) in [6.45, 7) is 6.40. The van der Waals surface area contributed by atoms with Crippen LogP contribution in [-0.4, -0.2) is 51.2 Å². The number of hydrogen-bond acceptors (Lipinski definition) is 2. The second kappa shape index (κ2) is 6.24. The first-order valence-electron chi connectivity index (χ1n) is 6.08. The van der Waals surface area contributed by atoms with E-state index in [0.29, 0.717) is 0 Å². The van der Waals surface area contributed by atoms with Crippen LogP contribution in [0.1, 0.15) is 0 Å². The molecule has 0 saturated carbocycles. The predicted octanol–water partition coefficient (Wildman–Crippen LogP) is 2.47. The number of anilines is 1. The molecule has 0 amide bonds. The molecule has 94 valence electrons. The van der Waals surface area contributed by atoms with E-state index < -0.39 is 0 Å². The summed E-state index contributed by atoms with van der Waals surface area (Å²) in [7, 11) is 1.88. The first kappa shape index (κ1) is 12.7. The van der Waals surface area contributed by atoms with Crippen LogP contribution in [-0.2, 0) is 0 Å². The van der Waals surface area contributed by atoms with Crippen molar-refractivity contribution in [1.82, 2.24) is 4.90 Å². The largest absolute Gasteiger partial charge is 0.664 e. The Morgan fingerprint density at radius 2 is 2.00 bits per heavy atom. The van der Waals surface area contributed by atoms with E-state index in [1.54, 1.807) is 0 Å². The van der Waals surface area contributed by atoms with Gasteiger partial charge in [-0.25, -0.2) is 0 Å². The summed E-state index contributed by atoms with van der Waals surface area (Å²) in [5, 5.41) is 4.96. The molecule has 4 heteroatoms. The molecule has 1 aliphatic rings. The van der Waals surface area contributed by atoms with Crippen LogP contribution < -0.4 is 4.90 Å². The van der Waals surface area contributed by atoms with Crippen LogP contribution in [0.25, 0.3) is 5.32 Å². The molecule has 0 aromatic heterocycles. The molecule has 0 aliphatic carbocycles. The van der Waals surface area contributed by atoms with E-state index in [4.69, 9.17) is 11.6 Å². The Bertz CT molecular complexity index is 348. The highest BCUT2D eigenvalue weighted by atomic mass is 35.5. The molecule has 1 aromatic rings. The first-order chi connectivity index (χ1) is 8.29. The summed E-state index contributed by atoms with van der Waals surface area (Å²) < 4.78 is 0. The Morgan fingerprint density at radius 1 is 1.24 bits per heavy atom. The molecular formula is C13H19ClN3-. The Labute approximate surface area is 108 Å². The molecule has 0 spiro atoms. The van der Waals surface area contributed by atoms with E-state index in [-0.39, 0.29) is 0 Å². The van der Waals surface area contributed by atoms with Crippen molar-refractivity contribution in [3.8, 4) is 0 Å². The van der Waals surface area contributed by atoms with Gasteiger partial charge in [-0.1, -0.05) is 17.7 Å². The van der Waals surface area contributed by atoms with E-state index in [1.165, 1.54) is 5.69 Å². The lowest BCUT2D eigenvalue weighted by Gasteiger charge is -2.37. The lowest BCUT2D eigenvalue weighted by molar-refractivity contribution is 0.268. The van der Waals surface area contributed by atoms with Gasteiger partial charge >= 0.3 is 0 Å². The molecule has 0 bridgehead atoms. The van der Waals surface area contributed by atoms with Crippen LogP contribution in [0.3, 0.4) is 0 Å². The van der Waals surface area contributed by atoms with Gasteiger partial charge in [-0.2, -0.15) is 7.05 Å². The van der Waals surface area contributed by atoms with Crippen molar-refractivity contribution < 1.29 is 0 Å². The monoisotopic (exact) mass is 252 g/mol. The van der Waals surface area contributed by atoms with Crippen LogP contribution in [0.4, 0.5) is 5.69 Å². The van der Waals surface area contributed by atoms with Gasteiger partial charge in [0.15, 0.2) is 0 Å². The van der Waals surface area contributed by atoms with Gasteiger partial charge in [0, 0.05) is 36.9 Å². The van der Waals surface area contributed by atoms with Gasteiger partial charge in [-0.05, 0) is 24.7 Å². The molecule has 1 heterocycles. The molecule has 1 aromatic carbocycles. The summed E-state index contributed by atoms with van der Waals surface area (Å²) in [5.74, 6) is 0. The van der Waals surface area contributed by atoms with Crippen molar-refractivity contribution in [2.45, 2.75) is 0 Å². The van der Waals surface area contributed by atoms with Gasteiger partial charge in [0.2, 0.25) is 0 Å². The maximum atomic E-state index is 6.01. The molecule has 0 unspecified atom stereocenters. The minimum atomic E-state index is 0.815. The van der Waals surface area contributed by atoms with Crippen molar-refractivity contribution in [1.29, 1.82) is 0 Å². The van der Waals surface area contributed by atoms with Crippen LogP contribution in [0, 0.1) is 0 Å². The summed E-state index contributed by atoms with van der Waals surface area (Å²) in [5.41, 5.74) is 1.23. The number of benzene rings is 1. The van der Waals surface area contributed by atoms with Crippen LogP contribution in [0.15, 0.2) is 24.3 Å². The number of halogens is 1. The molecule has 1 aliphatic heterocycles. The maximum absolute atomic E-state index is 6.01. The van der Waals surface area contributed by atoms with Gasteiger partial charge in [-0.3, -0.25) is 0 Å². The van der Waals surface area contributed by atoms with E-state index in [0.717, 1.165) is 44.3 Å². The van der Waals surface area contributed by atoms with Crippen molar-refractivity contribution >= 4 is 17.3 Å². The number of piperazine rings is 1. The van der Waals surface area contributed by atoms with Crippen LogP contribution >= 0.6 is 11.6 Å². The predicted molar refractivity (Wildman–Crippen MR) is 74.3 cm³/mol. The molecule has 0 atom stereocenters. The zero-order valence-corrected chi connectivity index (χ0v) is 11.0. The van der Waals surface area contributed by atoms with Crippen molar-refractivity contribution in [2.75, 3.05) is 51.2 Å². The fraction of sp³-hybridized carbons (Fsp3) is 0.538.